The average molecular weight is 183 g/mol. The Morgan fingerprint density at radius 2 is 2.46 bits per heavy atom. The van der Waals surface area contributed by atoms with E-state index in [9.17, 15) is 4.79 Å². The number of hydrogen-bond acceptors (Lipinski definition) is 4. The molecule has 13 heavy (non-hydrogen) atoms. The zero-order valence-corrected chi connectivity index (χ0v) is 7.60. The lowest BCUT2D eigenvalue weighted by Gasteiger charge is -2.14. The van der Waals surface area contributed by atoms with E-state index in [2.05, 4.69) is 4.99 Å². The number of nitrogens with zero attached hydrogens (tertiary/aromatic N) is 1. The highest BCUT2D eigenvalue weighted by Crippen LogP contribution is 2.38. The van der Waals surface area contributed by atoms with Gasteiger partial charge in [0.1, 0.15) is 6.10 Å². The van der Waals surface area contributed by atoms with Crippen molar-refractivity contribution in [1.82, 2.24) is 0 Å². The highest BCUT2D eigenvalue weighted by Gasteiger charge is 2.44. The number of aliphatic imine (C=N–C) groups is 1. The van der Waals surface area contributed by atoms with Crippen LogP contribution in [-0.2, 0) is 14.3 Å². The van der Waals surface area contributed by atoms with Gasteiger partial charge >= 0.3 is 5.97 Å². The number of esters is 1. The van der Waals surface area contributed by atoms with E-state index in [0.29, 0.717) is 12.5 Å². The van der Waals surface area contributed by atoms with E-state index in [1.54, 1.807) is 6.92 Å². The van der Waals surface area contributed by atoms with E-state index in [1.807, 2.05) is 0 Å². The first-order valence-corrected chi connectivity index (χ1v) is 4.66. The Hall–Kier alpha value is -1.06. The second-order valence-electron chi connectivity index (χ2n) is 3.39. The summed E-state index contributed by atoms with van der Waals surface area (Å²) in [5.41, 5.74) is 0. The van der Waals surface area contributed by atoms with Gasteiger partial charge in [0.05, 0.1) is 6.61 Å². The van der Waals surface area contributed by atoms with Crippen molar-refractivity contribution in [3.63, 3.8) is 0 Å². The van der Waals surface area contributed by atoms with Crippen molar-refractivity contribution in [2.24, 2.45) is 10.9 Å². The van der Waals surface area contributed by atoms with Gasteiger partial charge in [0.15, 0.2) is 12.4 Å². The van der Waals surface area contributed by atoms with Gasteiger partial charge in [-0.25, -0.2) is 9.79 Å². The summed E-state index contributed by atoms with van der Waals surface area (Å²) in [6.07, 6.45) is 3.61. The predicted octanol–water partition coefficient (Wildman–Crippen LogP) is 0.755. The average Bonchev–Trinajstić information content (AvgIpc) is 2.84. The van der Waals surface area contributed by atoms with E-state index < -0.39 is 6.04 Å². The summed E-state index contributed by atoms with van der Waals surface area (Å²) in [5.74, 6) is 0.255. The van der Waals surface area contributed by atoms with Crippen LogP contribution in [0, 0.1) is 5.92 Å². The van der Waals surface area contributed by atoms with E-state index in [0.717, 1.165) is 12.8 Å². The predicted molar refractivity (Wildman–Crippen MR) is 46.5 cm³/mol. The van der Waals surface area contributed by atoms with E-state index in [1.165, 1.54) is 6.40 Å². The second kappa shape index (κ2) is 3.36. The molecule has 0 saturated heterocycles. The Morgan fingerprint density at radius 3 is 3.08 bits per heavy atom. The summed E-state index contributed by atoms with van der Waals surface area (Å²) in [7, 11) is 0. The maximum atomic E-state index is 11.4. The summed E-state index contributed by atoms with van der Waals surface area (Å²) in [5, 5.41) is 0. The fourth-order valence-electron chi connectivity index (χ4n) is 1.55. The Bertz CT molecular complexity index is 235. The molecule has 2 atom stereocenters. The SMILES string of the molecule is CCOC(=O)C1N=COC1C1CC1. The molecule has 72 valence electrons. The van der Waals surface area contributed by atoms with Gasteiger partial charge < -0.3 is 9.47 Å². The molecular formula is C9H13NO3. The van der Waals surface area contributed by atoms with Crippen molar-refractivity contribution in [3.05, 3.63) is 0 Å². The molecule has 1 saturated carbocycles. The molecule has 0 aromatic rings. The van der Waals surface area contributed by atoms with Crippen LogP contribution < -0.4 is 0 Å². The molecule has 0 aromatic heterocycles. The van der Waals surface area contributed by atoms with E-state index in [-0.39, 0.29) is 12.1 Å². The molecule has 4 heteroatoms. The Labute approximate surface area is 76.9 Å². The molecule has 1 fully saturated rings. The van der Waals surface area contributed by atoms with Crippen LogP contribution in [0.1, 0.15) is 19.8 Å². The highest BCUT2D eigenvalue weighted by molar-refractivity contribution is 5.79. The molecule has 0 aromatic carbocycles. The van der Waals surface area contributed by atoms with Gasteiger partial charge in [-0.3, -0.25) is 0 Å². The van der Waals surface area contributed by atoms with E-state index >= 15 is 0 Å². The molecule has 1 aliphatic carbocycles. The maximum absolute atomic E-state index is 11.4. The summed E-state index contributed by atoms with van der Waals surface area (Å²) >= 11 is 0. The van der Waals surface area contributed by atoms with Gasteiger partial charge in [-0.05, 0) is 25.7 Å². The Balaban J connectivity index is 1.95. The monoisotopic (exact) mass is 183 g/mol. The van der Waals surface area contributed by atoms with Crippen molar-refractivity contribution < 1.29 is 14.3 Å². The van der Waals surface area contributed by atoms with Crippen molar-refractivity contribution in [1.29, 1.82) is 0 Å². The van der Waals surface area contributed by atoms with Crippen LogP contribution in [0.15, 0.2) is 4.99 Å². The highest BCUT2D eigenvalue weighted by atomic mass is 16.5. The lowest BCUT2D eigenvalue weighted by molar-refractivity contribution is -0.146. The van der Waals surface area contributed by atoms with Crippen LogP contribution >= 0.6 is 0 Å². The minimum Gasteiger partial charge on any atom is -0.477 e. The van der Waals surface area contributed by atoms with Gasteiger partial charge in [-0.1, -0.05) is 0 Å². The summed E-state index contributed by atoms with van der Waals surface area (Å²) < 4.78 is 10.2. The minimum atomic E-state index is -0.410. The molecular weight excluding hydrogens is 170 g/mol. The molecule has 0 amide bonds. The molecule has 1 aliphatic heterocycles. The maximum Gasteiger partial charge on any atom is 0.334 e. The first kappa shape index (κ1) is 8.53. The zero-order valence-electron chi connectivity index (χ0n) is 7.60. The van der Waals surface area contributed by atoms with Gasteiger partial charge in [0.2, 0.25) is 0 Å². The van der Waals surface area contributed by atoms with Crippen molar-refractivity contribution in [2.75, 3.05) is 6.61 Å². The molecule has 2 aliphatic rings. The normalized spacial score (nSPS) is 31.5. The first-order chi connectivity index (χ1) is 6.33. The molecule has 0 radical (unpaired) electrons. The molecule has 0 spiro atoms. The van der Waals surface area contributed by atoms with E-state index in [4.69, 9.17) is 9.47 Å². The lowest BCUT2D eigenvalue weighted by Crippen LogP contribution is -2.33. The molecule has 2 rings (SSSR count). The largest absolute Gasteiger partial charge is 0.477 e. The standard InChI is InChI=1S/C9H13NO3/c1-2-12-9(11)7-8(6-3-4-6)13-5-10-7/h5-8H,2-4H2,1H3. The van der Waals surface area contributed by atoms with Crippen LogP contribution in [0.3, 0.4) is 0 Å². The number of hydrogen-bond donors (Lipinski definition) is 0. The molecule has 1 heterocycles. The third kappa shape index (κ3) is 1.66. The summed E-state index contributed by atoms with van der Waals surface area (Å²) in [6.45, 7) is 2.20. The smallest absolute Gasteiger partial charge is 0.334 e. The number of carbonyl (C=O) groups is 1. The first-order valence-electron chi connectivity index (χ1n) is 4.66. The zero-order chi connectivity index (χ0) is 9.26. The van der Waals surface area contributed by atoms with Gasteiger partial charge in [0.25, 0.3) is 0 Å². The fraction of sp³-hybridized carbons (Fsp3) is 0.778. The Morgan fingerprint density at radius 1 is 1.69 bits per heavy atom. The summed E-state index contributed by atoms with van der Waals surface area (Å²) in [4.78, 5) is 15.3. The van der Waals surface area contributed by atoms with Crippen molar-refractivity contribution in [3.8, 4) is 0 Å². The third-order valence-corrected chi connectivity index (χ3v) is 2.37. The molecule has 4 nitrogen and oxygen atoms in total. The molecule has 2 unspecified atom stereocenters. The summed E-state index contributed by atoms with van der Waals surface area (Å²) in [6, 6.07) is -0.410. The van der Waals surface area contributed by atoms with Gasteiger partial charge in [-0.15, -0.1) is 0 Å². The quantitative estimate of drug-likeness (QED) is 0.607. The second-order valence-corrected chi connectivity index (χ2v) is 3.39. The van der Waals surface area contributed by atoms with Gasteiger partial charge in [0, 0.05) is 0 Å². The van der Waals surface area contributed by atoms with Crippen molar-refractivity contribution >= 4 is 12.4 Å². The lowest BCUT2D eigenvalue weighted by atomic mass is 10.1. The number of ether oxygens (including phenoxy) is 2. The topological polar surface area (TPSA) is 47.9 Å². The van der Waals surface area contributed by atoms with Crippen LogP contribution in [0.4, 0.5) is 0 Å². The Kier molecular flexibility index (Phi) is 2.20. The van der Waals surface area contributed by atoms with Crippen molar-refractivity contribution in [2.45, 2.75) is 31.9 Å². The number of carbonyl (C=O) groups excluding carboxylic acids is 1. The fourth-order valence-corrected chi connectivity index (χ4v) is 1.55. The van der Waals surface area contributed by atoms with Crippen LogP contribution in [0.5, 0.6) is 0 Å². The number of rotatable bonds is 3. The molecule has 0 bridgehead atoms. The van der Waals surface area contributed by atoms with Crippen LogP contribution in [0.25, 0.3) is 0 Å². The van der Waals surface area contributed by atoms with Crippen LogP contribution in [0.2, 0.25) is 0 Å². The molecule has 0 N–H and O–H groups in total. The minimum absolute atomic E-state index is 0.0564. The third-order valence-electron chi connectivity index (χ3n) is 2.37. The van der Waals surface area contributed by atoms with Crippen LogP contribution in [-0.4, -0.2) is 31.1 Å². The van der Waals surface area contributed by atoms with Gasteiger partial charge in [-0.2, -0.15) is 0 Å².